The van der Waals surface area contributed by atoms with Crippen molar-refractivity contribution in [1.29, 1.82) is 0 Å². The van der Waals surface area contributed by atoms with Gasteiger partial charge < -0.3 is 30.3 Å². The van der Waals surface area contributed by atoms with E-state index in [1.54, 1.807) is 6.07 Å². The molecular formula is C39H54O8. The van der Waals surface area contributed by atoms with Gasteiger partial charge in [0.1, 0.15) is 6.10 Å². The Morgan fingerprint density at radius 3 is 2.30 bits per heavy atom. The molecule has 0 amide bonds. The van der Waals surface area contributed by atoms with E-state index in [9.17, 15) is 35.1 Å². The fourth-order valence-corrected chi connectivity index (χ4v) is 12.2. The van der Waals surface area contributed by atoms with Crippen LogP contribution in [-0.2, 0) is 14.3 Å². The standard InChI is InChI=1S/C39H54O8/c1-22-14-17-39(33(44)45)19-18-36(5)24(31(39)38(22,7)46)10-12-29-35(4)21-27(42)32(34(2,3)28(35)15-16-37(29,36)6)47-30(43)13-9-23-8-11-25(40)26(41)20-23/h8-11,13,20,22,27-29,31-32,40-42,46H,12,14-19,21H2,1-7H3,(H,44,45)/b13-9+/t22-,27-,28+,29-,31-,32+,35+,36-,37-,38-,39+/m1/s1. The number of phenolic OH excluding ortho intramolecular Hbond substituents is 2. The number of fused-ring (bicyclic) bond motifs is 7. The summed E-state index contributed by atoms with van der Waals surface area (Å²) in [5.41, 5.74) is -1.64. The number of benzene rings is 1. The van der Waals surface area contributed by atoms with Crippen LogP contribution in [0.5, 0.6) is 11.5 Å². The van der Waals surface area contributed by atoms with E-state index in [1.165, 1.54) is 24.3 Å². The summed E-state index contributed by atoms with van der Waals surface area (Å²) in [6, 6.07) is 4.29. The number of carbonyl (C=O) groups is 2. The van der Waals surface area contributed by atoms with Gasteiger partial charge in [-0.3, -0.25) is 4.79 Å². The van der Waals surface area contributed by atoms with Crippen molar-refractivity contribution < 1.29 is 39.9 Å². The van der Waals surface area contributed by atoms with Gasteiger partial charge in [0.05, 0.1) is 17.1 Å². The van der Waals surface area contributed by atoms with E-state index in [2.05, 4.69) is 47.6 Å². The number of phenols is 2. The van der Waals surface area contributed by atoms with Crippen molar-refractivity contribution in [3.8, 4) is 11.5 Å². The normalized spacial score (nSPS) is 45.5. The summed E-state index contributed by atoms with van der Waals surface area (Å²) in [7, 11) is 0. The van der Waals surface area contributed by atoms with Crippen LogP contribution in [0, 0.1) is 50.7 Å². The average Bonchev–Trinajstić information content (AvgIpc) is 2.97. The molecule has 47 heavy (non-hydrogen) atoms. The minimum Gasteiger partial charge on any atom is -0.504 e. The second kappa shape index (κ2) is 10.8. The Kier molecular flexibility index (Phi) is 7.84. The first kappa shape index (κ1) is 34.0. The highest BCUT2D eigenvalue weighted by Gasteiger charge is 2.72. The topological polar surface area (TPSA) is 145 Å². The van der Waals surface area contributed by atoms with Crippen LogP contribution in [0.1, 0.15) is 105 Å². The Hall–Kier alpha value is -2.84. The average molecular weight is 651 g/mol. The Morgan fingerprint density at radius 2 is 1.64 bits per heavy atom. The summed E-state index contributed by atoms with van der Waals surface area (Å²) in [6.07, 6.45) is 9.21. The fraction of sp³-hybridized carbons (Fsp3) is 0.692. The van der Waals surface area contributed by atoms with Crippen LogP contribution >= 0.6 is 0 Å². The van der Waals surface area contributed by atoms with Crippen molar-refractivity contribution in [1.82, 2.24) is 0 Å². The molecule has 8 heteroatoms. The number of aliphatic carboxylic acids is 1. The Morgan fingerprint density at radius 1 is 0.936 bits per heavy atom. The summed E-state index contributed by atoms with van der Waals surface area (Å²) < 4.78 is 6.00. The maximum atomic E-state index is 13.1. The molecule has 5 aliphatic carbocycles. The molecule has 6 rings (SSSR count). The summed E-state index contributed by atoms with van der Waals surface area (Å²) >= 11 is 0. The zero-order valence-electron chi connectivity index (χ0n) is 29.0. The number of aliphatic hydroxyl groups excluding tert-OH is 1. The van der Waals surface area contributed by atoms with E-state index in [4.69, 9.17) is 4.74 Å². The lowest BCUT2D eigenvalue weighted by Gasteiger charge is -2.72. The van der Waals surface area contributed by atoms with Gasteiger partial charge in [0.25, 0.3) is 0 Å². The second-order valence-corrected chi connectivity index (χ2v) is 17.4. The Labute approximate surface area is 278 Å². The van der Waals surface area contributed by atoms with Gasteiger partial charge in [0.2, 0.25) is 0 Å². The highest BCUT2D eigenvalue weighted by atomic mass is 16.6. The van der Waals surface area contributed by atoms with Gasteiger partial charge in [0, 0.05) is 17.4 Å². The molecule has 5 N–H and O–H groups in total. The van der Waals surface area contributed by atoms with Gasteiger partial charge in [-0.1, -0.05) is 59.3 Å². The molecule has 1 aromatic rings. The first-order valence-electron chi connectivity index (χ1n) is 17.5. The molecule has 11 atom stereocenters. The molecule has 0 aliphatic heterocycles. The van der Waals surface area contributed by atoms with Crippen LogP contribution in [0.4, 0.5) is 0 Å². The highest BCUT2D eigenvalue weighted by molar-refractivity contribution is 5.87. The predicted octanol–water partition coefficient (Wildman–Crippen LogP) is 6.85. The molecule has 5 aliphatic rings. The zero-order chi connectivity index (χ0) is 34.5. The molecule has 0 heterocycles. The van der Waals surface area contributed by atoms with Gasteiger partial charge in [-0.15, -0.1) is 0 Å². The maximum absolute atomic E-state index is 13.1. The number of carbonyl (C=O) groups excluding carboxylic acids is 1. The van der Waals surface area contributed by atoms with Crippen molar-refractivity contribution in [3.63, 3.8) is 0 Å². The highest BCUT2D eigenvalue weighted by Crippen LogP contribution is 2.76. The van der Waals surface area contributed by atoms with E-state index in [-0.39, 0.29) is 45.5 Å². The number of esters is 1. The third-order valence-electron chi connectivity index (χ3n) is 15.0. The van der Waals surface area contributed by atoms with E-state index >= 15 is 0 Å². The van der Waals surface area contributed by atoms with Crippen LogP contribution in [0.15, 0.2) is 35.9 Å². The van der Waals surface area contributed by atoms with Crippen LogP contribution in [-0.4, -0.2) is 55.3 Å². The molecule has 0 unspecified atom stereocenters. The minimum absolute atomic E-state index is 0.000900. The van der Waals surface area contributed by atoms with Gasteiger partial charge >= 0.3 is 11.9 Å². The third kappa shape index (κ3) is 4.67. The van der Waals surface area contributed by atoms with Crippen molar-refractivity contribution in [2.45, 2.75) is 118 Å². The van der Waals surface area contributed by atoms with Crippen LogP contribution in [0.25, 0.3) is 6.08 Å². The first-order valence-corrected chi connectivity index (χ1v) is 17.5. The molecule has 0 bridgehead atoms. The van der Waals surface area contributed by atoms with Gasteiger partial charge in [-0.05, 0) is 116 Å². The summed E-state index contributed by atoms with van der Waals surface area (Å²) in [6.45, 7) is 15.2. The number of hydrogen-bond acceptors (Lipinski definition) is 7. The maximum Gasteiger partial charge on any atom is 0.331 e. The lowest BCUT2D eigenvalue weighted by atomic mass is 9.33. The van der Waals surface area contributed by atoms with Gasteiger partial charge in [-0.25, -0.2) is 4.79 Å². The SMILES string of the molecule is C[C@@H]1CC[C@]2(C(=O)O)CC[C@]3(C)C(=CC[C@@H]4[C@@]5(C)C[C@@H](O)[C@H](OC(=O)/C=C/c6ccc(O)c(O)c6)C(C)(C)[C@@H]5CC[C@]43C)[C@@H]2[C@]1(C)O. The number of aromatic hydroxyl groups is 2. The largest absolute Gasteiger partial charge is 0.504 e. The molecule has 0 radical (unpaired) electrons. The number of rotatable bonds is 4. The Balaban J connectivity index is 1.30. The molecule has 0 saturated heterocycles. The number of carboxylic acids is 1. The number of hydrogen-bond donors (Lipinski definition) is 5. The Bertz CT molecular complexity index is 1520. The molecular weight excluding hydrogens is 596 g/mol. The molecule has 4 fully saturated rings. The molecule has 8 nitrogen and oxygen atoms in total. The van der Waals surface area contributed by atoms with Gasteiger partial charge in [0.15, 0.2) is 11.5 Å². The number of aliphatic hydroxyl groups is 2. The number of allylic oxidation sites excluding steroid dienone is 1. The molecule has 0 aromatic heterocycles. The summed E-state index contributed by atoms with van der Waals surface area (Å²) in [5, 5.41) is 53.8. The third-order valence-corrected chi connectivity index (χ3v) is 15.0. The van der Waals surface area contributed by atoms with Crippen molar-refractivity contribution >= 4 is 18.0 Å². The van der Waals surface area contributed by atoms with Crippen molar-refractivity contribution in [2.75, 3.05) is 0 Å². The van der Waals surface area contributed by atoms with Crippen molar-refractivity contribution in [2.24, 2.45) is 50.7 Å². The quantitative estimate of drug-likeness (QED) is 0.103. The second-order valence-electron chi connectivity index (χ2n) is 17.4. The number of carboxylic acid groups (broad SMARTS) is 1. The fourth-order valence-electron chi connectivity index (χ4n) is 12.2. The van der Waals surface area contributed by atoms with Crippen LogP contribution in [0.3, 0.4) is 0 Å². The van der Waals surface area contributed by atoms with Crippen molar-refractivity contribution in [3.05, 3.63) is 41.5 Å². The smallest absolute Gasteiger partial charge is 0.331 e. The van der Waals surface area contributed by atoms with Gasteiger partial charge in [-0.2, -0.15) is 0 Å². The van der Waals surface area contributed by atoms with E-state index in [1.807, 2.05) is 6.92 Å². The van der Waals surface area contributed by atoms with E-state index in [0.717, 1.165) is 31.3 Å². The number of ether oxygens (including phenoxy) is 1. The molecule has 258 valence electrons. The lowest BCUT2D eigenvalue weighted by Crippen LogP contribution is -2.69. The van der Waals surface area contributed by atoms with E-state index in [0.29, 0.717) is 31.2 Å². The van der Waals surface area contributed by atoms with Crippen LogP contribution < -0.4 is 0 Å². The van der Waals surface area contributed by atoms with Crippen LogP contribution in [0.2, 0.25) is 0 Å². The molecule has 4 saturated carbocycles. The zero-order valence-corrected chi connectivity index (χ0v) is 29.0. The predicted molar refractivity (Wildman–Crippen MR) is 178 cm³/mol. The summed E-state index contributed by atoms with van der Waals surface area (Å²) in [4.78, 5) is 26.1. The molecule has 0 spiro atoms. The first-order chi connectivity index (χ1) is 21.8. The molecule has 1 aromatic carbocycles. The monoisotopic (exact) mass is 650 g/mol. The minimum atomic E-state index is -1.12. The lowest BCUT2D eigenvalue weighted by molar-refractivity contribution is -0.242. The summed E-state index contributed by atoms with van der Waals surface area (Å²) in [5.74, 6) is -1.92. The van der Waals surface area contributed by atoms with E-state index < -0.39 is 46.5 Å².